The van der Waals surface area contributed by atoms with E-state index in [9.17, 15) is 4.79 Å². The fraction of sp³-hybridized carbons (Fsp3) is 0.375. The molecular weight excluding hydrogens is 405 g/mol. The number of benzene rings is 1. The third-order valence-corrected chi connectivity index (χ3v) is 4.44. The number of carbonyl (C=O) groups excluding carboxylic acids is 1. The third kappa shape index (κ3) is 7.79. The van der Waals surface area contributed by atoms with Gasteiger partial charge in [0.2, 0.25) is 0 Å². The van der Waals surface area contributed by atoms with Crippen molar-refractivity contribution in [3.8, 4) is 5.75 Å². The monoisotopic (exact) mass is 425 g/mol. The number of aryl methyl sites for hydroxylation is 1. The lowest BCUT2D eigenvalue weighted by Gasteiger charge is -2.04. The van der Waals surface area contributed by atoms with Gasteiger partial charge in [0.15, 0.2) is 0 Å². The highest BCUT2D eigenvalue weighted by atomic mass is 35.5. The number of amides is 1. The van der Waals surface area contributed by atoms with E-state index in [1.54, 1.807) is 24.3 Å². The van der Waals surface area contributed by atoms with Crippen LogP contribution in [0.25, 0.3) is 0 Å². The fourth-order valence-corrected chi connectivity index (χ4v) is 2.94. The van der Waals surface area contributed by atoms with Gasteiger partial charge in [-0.15, -0.1) is 36.2 Å². The Morgan fingerprint density at radius 3 is 2.56 bits per heavy atom. The zero-order valence-electron chi connectivity index (χ0n) is 14.0. The molecule has 0 fully saturated rings. The summed E-state index contributed by atoms with van der Waals surface area (Å²) in [4.78, 5) is 17.2. The molecule has 25 heavy (non-hydrogen) atoms. The molecular formula is C16H22Cl3N3O2S. The third-order valence-electron chi connectivity index (χ3n) is 3.06. The standard InChI is InChI=1S/C16H20ClN3O2S.2ClH/c1-3-18-8-9-19-16(21)15-11(2)20-14(23-15)10-22-13-6-4-12(17)5-7-13;;/h4-7,18H,3,8-10H2,1-2H3,(H,19,21);2*1H. The molecule has 0 aliphatic heterocycles. The lowest BCUT2D eigenvalue weighted by atomic mass is 10.3. The van der Waals surface area contributed by atoms with Crippen molar-refractivity contribution in [2.45, 2.75) is 20.5 Å². The van der Waals surface area contributed by atoms with Crippen LogP contribution in [0.1, 0.15) is 27.3 Å². The lowest BCUT2D eigenvalue weighted by molar-refractivity contribution is 0.0957. The second-order valence-corrected chi connectivity index (χ2v) is 6.39. The minimum absolute atomic E-state index is 0. The van der Waals surface area contributed by atoms with Gasteiger partial charge < -0.3 is 15.4 Å². The Morgan fingerprint density at radius 1 is 1.24 bits per heavy atom. The van der Waals surface area contributed by atoms with Crippen molar-refractivity contribution in [3.05, 3.63) is 44.9 Å². The molecule has 1 aromatic carbocycles. The number of likely N-dealkylation sites (N-methyl/N-ethyl adjacent to an activating group) is 1. The van der Waals surface area contributed by atoms with Gasteiger partial charge in [0.1, 0.15) is 22.2 Å². The molecule has 9 heteroatoms. The molecule has 0 radical (unpaired) electrons. The Morgan fingerprint density at radius 2 is 1.92 bits per heavy atom. The summed E-state index contributed by atoms with van der Waals surface area (Å²) in [5.41, 5.74) is 0.727. The van der Waals surface area contributed by atoms with Gasteiger partial charge in [-0.05, 0) is 37.7 Å². The largest absolute Gasteiger partial charge is 0.486 e. The summed E-state index contributed by atoms with van der Waals surface area (Å²) in [7, 11) is 0. The van der Waals surface area contributed by atoms with Crippen LogP contribution in [-0.2, 0) is 6.61 Å². The molecule has 1 aromatic heterocycles. The predicted molar refractivity (Wildman–Crippen MR) is 108 cm³/mol. The summed E-state index contributed by atoms with van der Waals surface area (Å²) in [6.45, 7) is 6.44. The van der Waals surface area contributed by atoms with Crippen molar-refractivity contribution in [1.29, 1.82) is 0 Å². The molecule has 1 heterocycles. The van der Waals surface area contributed by atoms with Gasteiger partial charge in [0.25, 0.3) is 5.91 Å². The Balaban J connectivity index is 0.00000288. The van der Waals surface area contributed by atoms with Crippen LogP contribution in [0.3, 0.4) is 0 Å². The van der Waals surface area contributed by atoms with Gasteiger partial charge in [-0.3, -0.25) is 4.79 Å². The van der Waals surface area contributed by atoms with Crippen molar-refractivity contribution in [2.24, 2.45) is 0 Å². The van der Waals surface area contributed by atoms with Crippen LogP contribution in [0.15, 0.2) is 24.3 Å². The summed E-state index contributed by atoms with van der Waals surface area (Å²) in [6.07, 6.45) is 0. The molecule has 2 N–H and O–H groups in total. The Kier molecular flexibility index (Phi) is 11.8. The first-order valence-corrected chi connectivity index (χ1v) is 8.63. The van der Waals surface area contributed by atoms with Crippen LogP contribution in [0, 0.1) is 6.92 Å². The van der Waals surface area contributed by atoms with Crippen LogP contribution in [-0.4, -0.2) is 30.5 Å². The molecule has 2 rings (SSSR count). The average Bonchev–Trinajstić information content (AvgIpc) is 2.92. The van der Waals surface area contributed by atoms with E-state index >= 15 is 0 Å². The van der Waals surface area contributed by atoms with Crippen LogP contribution < -0.4 is 15.4 Å². The van der Waals surface area contributed by atoms with Gasteiger partial charge >= 0.3 is 0 Å². The van der Waals surface area contributed by atoms with E-state index in [1.165, 1.54) is 11.3 Å². The summed E-state index contributed by atoms with van der Waals surface area (Å²) in [5, 5.41) is 7.48. The highest BCUT2D eigenvalue weighted by Gasteiger charge is 2.15. The number of carbonyl (C=O) groups is 1. The van der Waals surface area contributed by atoms with E-state index in [2.05, 4.69) is 15.6 Å². The molecule has 2 aromatic rings. The minimum Gasteiger partial charge on any atom is -0.486 e. The number of nitrogens with zero attached hydrogens (tertiary/aromatic N) is 1. The van der Waals surface area contributed by atoms with Crippen molar-refractivity contribution in [3.63, 3.8) is 0 Å². The molecule has 0 aliphatic carbocycles. The topological polar surface area (TPSA) is 63.2 Å². The number of nitrogens with one attached hydrogen (secondary N) is 2. The highest BCUT2D eigenvalue weighted by Crippen LogP contribution is 2.21. The molecule has 0 atom stereocenters. The number of hydrogen-bond acceptors (Lipinski definition) is 5. The van der Waals surface area contributed by atoms with E-state index in [0.29, 0.717) is 23.1 Å². The minimum atomic E-state index is -0.0874. The molecule has 1 amide bonds. The molecule has 0 saturated heterocycles. The lowest BCUT2D eigenvalue weighted by Crippen LogP contribution is -2.31. The van der Waals surface area contributed by atoms with E-state index in [1.807, 2.05) is 13.8 Å². The molecule has 0 unspecified atom stereocenters. The Bertz CT molecular complexity index is 651. The first-order valence-electron chi connectivity index (χ1n) is 7.43. The highest BCUT2D eigenvalue weighted by molar-refractivity contribution is 7.13. The van der Waals surface area contributed by atoms with Gasteiger partial charge in [0, 0.05) is 18.1 Å². The summed E-state index contributed by atoms with van der Waals surface area (Å²) < 4.78 is 5.66. The second kappa shape index (κ2) is 12.3. The van der Waals surface area contributed by atoms with Crippen LogP contribution in [0.4, 0.5) is 0 Å². The molecule has 0 aliphatic rings. The molecule has 0 saturated carbocycles. The van der Waals surface area contributed by atoms with E-state index in [4.69, 9.17) is 16.3 Å². The van der Waals surface area contributed by atoms with Gasteiger partial charge in [-0.25, -0.2) is 4.98 Å². The van der Waals surface area contributed by atoms with E-state index < -0.39 is 0 Å². The van der Waals surface area contributed by atoms with Crippen LogP contribution in [0.2, 0.25) is 5.02 Å². The maximum absolute atomic E-state index is 12.1. The molecule has 140 valence electrons. The Labute approximate surface area is 169 Å². The predicted octanol–water partition coefficient (Wildman–Crippen LogP) is 3.87. The quantitative estimate of drug-likeness (QED) is 0.629. The number of rotatable bonds is 8. The summed E-state index contributed by atoms with van der Waals surface area (Å²) >= 11 is 7.19. The normalized spacial score (nSPS) is 9.72. The first kappa shape index (κ1) is 23.9. The smallest absolute Gasteiger partial charge is 0.263 e. The van der Waals surface area contributed by atoms with Crippen molar-refractivity contribution >= 4 is 53.7 Å². The molecule has 0 bridgehead atoms. The summed E-state index contributed by atoms with van der Waals surface area (Å²) in [5.74, 6) is 0.634. The average molecular weight is 427 g/mol. The second-order valence-electron chi connectivity index (χ2n) is 4.87. The maximum atomic E-state index is 12.1. The first-order chi connectivity index (χ1) is 11.1. The Hall–Kier alpha value is -1.05. The maximum Gasteiger partial charge on any atom is 0.263 e. The van der Waals surface area contributed by atoms with Gasteiger partial charge in [-0.2, -0.15) is 0 Å². The zero-order valence-corrected chi connectivity index (χ0v) is 17.2. The number of aromatic nitrogens is 1. The van der Waals surface area contributed by atoms with E-state index in [-0.39, 0.29) is 30.7 Å². The molecule has 0 spiro atoms. The fourth-order valence-electron chi connectivity index (χ4n) is 1.92. The van der Waals surface area contributed by atoms with Crippen molar-refractivity contribution < 1.29 is 9.53 Å². The number of hydrogen-bond donors (Lipinski definition) is 2. The zero-order chi connectivity index (χ0) is 16.7. The van der Waals surface area contributed by atoms with Crippen LogP contribution in [0.5, 0.6) is 5.75 Å². The number of ether oxygens (including phenoxy) is 1. The van der Waals surface area contributed by atoms with Crippen molar-refractivity contribution in [1.82, 2.24) is 15.6 Å². The number of halogens is 3. The molecule has 5 nitrogen and oxygen atoms in total. The van der Waals surface area contributed by atoms with Gasteiger partial charge in [-0.1, -0.05) is 18.5 Å². The number of thiazole rings is 1. The van der Waals surface area contributed by atoms with E-state index in [0.717, 1.165) is 29.5 Å². The van der Waals surface area contributed by atoms with Crippen LogP contribution >= 0.6 is 47.8 Å². The van der Waals surface area contributed by atoms with Crippen molar-refractivity contribution in [2.75, 3.05) is 19.6 Å². The van der Waals surface area contributed by atoms with Gasteiger partial charge in [0.05, 0.1) is 5.69 Å². The summed E-state index contributed by atoms with van der Waals surface area (Å²) in [6, 6.07) is 7.15. The SMILES string of the molecule is CCNCCNC(=O)c1sc(COc2ccc(Cl)cc2)nc1C.Cl.Cl.